The van der Waals surface area contributed by atoms with E-state index in [0.717, 1.165) is 17.9 Å². The van der Waals surface area contributed by atoms with Crippen molar-refractivity contribution in [1.29, 1.82) is 0 Å². The number of benzene rings is 1. The molecule has 0 bridgehead atoms. The molecule has 0 saturated heterocycles. The van der Waals surface area contributed by atoms with E-state index >= 15 is 0 Å². The topological polar surface area (TPSA) is 55.1 Å². The van der Waals surface area contributed by atoms with E-state index in [1.807, 2.05) is 32.0 Å². The van der Waals surface area contributed by atoms with Crippen molar-refractivity contribution in [3.8, 4) is 0 Å². The van der Waals surface area contributed by atoms with Crippen molar-refractivity contribution < 1.29 is 4.79 Å². The fraction of sp³-hybridized carbons (Fsp3) is 0.462. The van der Waals surface area contributed by atoms with Gasteiger partial charge in [-0.3, -0.25) is 10.1 Å². The first-order chi connectivity index (χ1) is 7.90. The van der Waals surface area contributed by atoms with Gasteiger partial charge in [-0.25, -0.2) is 0 Å². The van der Waals surface area contributed by atoms with E-state index in [9.17, 15) is 4.79 Å². The van der Waals surface area contributed by atoms with Crippen LogP contribution in [0.2, 0.25) is 5.02 Å². The molecule has 0 aliphatic heterocycles. The second kappa shape index (κ2) is 4.31. The molecule has 1 aromatic rings. The molecule has 0 spiro atoms. The van der Waals surface area contributed by atoms with Gasteiger partial charge in [0.25, 0.3) is 0 Å². The Hall–Kier alpha value is -1.06. The van der Waals surface area contributed by atoms with E-state index in [-0.39, 0.29) is 11.9 Å². The van der Waals surface area contributed by atoms with E-state index < -0.39 is 5.54 Å². The number of nitrogens with two attached hydrogens (primary N) is 1. The van der Waals surface area contributed by atoms with Crippen LogP contribution in [-0.2, 0) is 11.2 Å². The highest BCUT2D eigenvalue weighted by Crippen LogP contribution is 2.34. The SMILES string of the molecule is CC(C)(NC1CCc2cc(Cl)ccc21)C(N)=O. The predicted octanol–water partition coefficient (Wildman–Crippen LogP) is 2.18. The van der Waals surface area contributed by atoms with Crippen LogP contribution in [0.1, 0.15) is 37.4 Å². The van der Waals surface area contributed by atoms with Crippen LogP contribution >= 0.6 is 11.6 Å². The van der Waals surface area contributed by atoms with Gasteiger partial charge in [-0.05, 0) is 49.9 Å². The first-order valence-corrected chi connectivity index (χ1v) is 6.14. The zero-order chi connectivity index (χ0) is 12.6. The van der Waals surface area contributed by atoms with Gasteiger partial charge >= 0.3 is 0 Å². The van der Waals surface area contributed by atoms with E-state index in [0.29, 0.717) is 0 Å². The van der Waals surface area contributed by atoms with Gasteiger partial charge in [-0.1, -0.05) is 17.7 Å². The third kappa shape index (κ3) is 2.45. The summed E-state index contributed by atoms with van der Waals surface area (Å²) in [4.78, 5) is 11.3. The first-order valence-electron chi connectivity index (χ1n) is 5.76. The highest BCUT2D eigenvalue weighted by molar-refractivity contribution is 6.30. The Morgan fingerprint density at radius 1 is 1.53 bits per heavy atom. The Kier molecular flexibility index (Phi) is 3.15. The first kappa shape index (κ1) is 12.4. The minimum atomic E-state index is -0.689. The maximum Gasteiger partial charge on any atom is 0.237 e. The van der Waals surface area contributed by atoms with Crippen LogP contribution in [-0.4, -0.2) is 11.4 Å². The number of halogens is 1. The third-order valence-corrected chi connectivity index (χ3v) is 3.57. The standard InChI is InChI=1S/C13H17ClN2O/c1-13(2,12(15)17)16-11-6-3-8-7-9(14)4-5-10(8)11/h4-5,7,11,16H,3,6H2,1-2H3,(H2,15,17). The number of hydrogen-bond donors (Lipinski definition) is 2. The molecular weight excluding hydrogens is 236 g/mol. The van der Waals surface area contributed by atoms with E-state index in [2.05, 4.69) is 5.32 Å². The Morgan fingerprint density at radius 3 is 2.88 bits per heavy atom. The molecule has 3 N–H and O–H groups in total. The summed E-state index contributed by atoms with van der Waals surface area (Å²) in [6, 6.07) is 6.09. The fourth-order valence-electron chi connectivity index (χ4n) is 2.24. The molecule has 17 heavy (non-hydrogen) atoms. The maximum absolute atomic E-state index is 11.3. The van der Waals surface area contributed by atoms with Crippen LogP contribution in [0.4, 0.5) is 0 Å². The number of aryl methyl sites for hydroxylation is 1. The number of amides is 1. The zero-order valence-electron chi connectivity index (χ0n) is 10.1. The molecule has 1 amide bonds. The van der Waals surface area contributed by atoms with E-state index in [1.54, 1.807) is 0 Å². The fourth-order valence-corrected chi connectivity index (χ4v) is 2.44. The minimum Gasteiger partial charge on any atom is -0.368 e. The molecule has 1 aliphatic carbocycles. The number of rotatable bonds is 3. The third-order valence-electron chi connectivity index (χ3n) is 3.33. The largest absolute Gasteiger partial charge is 0.368 e. The molecule has 4 heteroatoms. The Morgan fingerprint density at radius 2 is 2.24 bits per heavy atom. The highest BCUT2D eigenvalue weighted by atomic mass is 35.5. The molecule has 92 valence electrons. The number of carbonyl (C=O) groups excluding carboxylic acids is 1. The number of fused-ring (bicyclic) bond motifs is 1. The quantitative estimate of drug-likeness (QED) is 0.866. The van der Waals surface area contributed by atoms with Crippen molar-refractivity contribution in [2.24, 2.45) is 5.73 Å². The van der Waals surface area contributed by atoms with Crippen molar-refractivity contribution in [3.05, 3.63) is 34.3 Å². The number of nitrogens with one attached hydrogen (secondary N) is 1. The smallest absolute Gasteiger partial charge is 0.237 e. The van der Waals surface area contributed by atoms with Crippen molar-refractivity contribution in [3.63, 3.8) is 0 Å². The molecule has 1 aromatic carbocycles. The van der Waals surface area contributed by atoms with Gasteiger partial charge in [0.2, 0.25) is 5.91 Å². The molecule has 1 atom stereocenters. The molecule has 1 unspecified atom stereocenters. The average Bonchev–Trinajstić information content (AvgIpc) is 2.60. The lowest BCUT2D eigenvalue weighted by Crippen LogP contribution is -2.51. The van der Waals surface area contributed by atoms with Crippen LogP contribution in [0.15, 0.2) is 18.2 Å². The van der Waals surface area contributed by atoms with Gasteiger partial charge in [0.15, 0.2) is 0 Å². The van der Waals surface area contributed by atoms with Gasteiger partial charge < -0.3 is 5.73 Å². The molecular formula is C13H17ClN2O. The van der Waals surface area contributed by atoms with E-state index in [1.165, 1.54) is 11.1 Å². The molecule has 0 radical (unpaired) electrons. The molecule has 0 heterocycles. The summed E-state index contributed by atoms with van der Waals surface area (Å²) in [6.07, 6.45) is 1.97. The van der Waals surface area contributed by atoms with Crippen LogP contribution in [0.3, 0.4) is 0 Å². The van der Waals surface area contributed by atoms with Crippen LogP contribution in [0, 0.1) is 0 Å². The summed E-state index contributed by atoms with van der Waals surface area (Å²) in [5, 5.41) is 4.08. The summed E-state index contributed by atoms with van der Waals surface area (Å²) in [6.45, 7) is 3.62. The highest BCUT2D eigenvalue weighted by Gasteiger charge is 2.31. The molecule has 0 saturated carbocycles. The Bertz CT molecular complexity index is 457. The summed E-state index contributed by atoms with van der Waals surface area (Å²) >= 11 is 5.96. The van der Waals surface area contributed by atoms with Gasteiger partial charge in [-0.15, -0.1) is 0 Å². The molecule has 1 aliphatic rings. The zero-order valence-corrected chi connectivity index (χ0v) is 10.8. The molecule has 2 rings (SSSR count). The Labute approximate surface area is 106 Å². The number of primary amides is 1. The van der Waals surface area contributed by atoms with Crippen molar-refractivity contribution in [2.45, 2.75) is 38.3 Å². The van der Waals surface area contributed by atoms with Gasteiger partial charge in [0, 0.05) is 11.1 Å². The van der Waals surface area contributed by atoms with Crippen LogP contribution < -0.4 is 11.1 Å². The predicted molar refractivity (Wildman–Crippen MR) is 68.9 cm³/mol. The molecule has 0 aromatic heterocycles. The normalized spacial score (nSPS) is 19.1. The van der Waals surface area contributed by atoms with Crippen LogP contribution in [0.5, 0.6) is 0 Å². The lowest BCUT2D eigenvalue weighted by Gasteiger charge is -2.27. The molecule has 3 nitrogen and oxygen atoms in total. The van der Waals surface area contributed by atoms with Crippen molar-refractivity contribution in [2.75, 3.05) is 0 Å². The van der Waals surface area contributed by atoms with Crippen LogP contribution in [0.25, 0.3) is 0 Å². The molecule has 0 fully saturated rings. The second-order valence-corrected chi connectivity index (χ2v) is 5.50. The maximum atomic E-state index is 11.3. The number of hydrogen-bond acceptors (Lipinski definition) is 2. The van der Waals surface area contributed by atoms with Gasteiger partial charge in [0.05, 0.1) is 5.54 Å². The summed E-state index contributed by atoms with van der Waals surface area (Å²) in [5.74, 6) is -0.333. The minimum absolute atomic E-state index is 0.185. The van der Waals surface area contributed by atoms with E-state index in [4.69, 9.17) is 17.3 Å². The summed E-state index contributed by atoms with van der Waals surface area (Å²) < 4.78 is 0. The lowest BCUT2D eigenvalue weighted by atomic mass is 10.0. The monoisotopic (exact) mass is 252 g/mol. The Balaban J connectivity index is 2.20. The lowest BCUT2D eigenvalue weighted by molar-refractivity contribution is -0.123. The van der Waals surface area contributed by atoms with Crippen molar-refractivity contribution in [1.82, 2.24) is 5.32 Å². The summed E-state index contributed by atoms with van der Waals surface area (Å²) in [7, 11) is 0. The average molecular weight is 253 g/mol. The second-order valence-electron chi connectivity index (χ2n) is 5.07. The number of carbonyl (C=O) groups is 1. The summed E-state index contributed by atoms with van der Waals surface area (Å²) in [5.41, 5.74) is 7.17. The van der Waals surface area contributed by atoms with Crippen molar-refractivity contribution >= 4 is 17.5 Å². The van der Waals surface area contributed by atoms with Gasteiger partial charge in [0.1, 0.15) is 0 Å². The van der Waals surface area contributed by atoms with Gasteiger partial charge in [-0.2, -0.15) is 0 Å².